The summed E-state index contributed by atoms with van der Waals surface area (Å²) in [7, 11) is 0. The molecule has 1 heterocycles. The van der Waals surface area contributed by atoms with Gasteiger partial charge in [-0.1, -0.05) is 12.1 Å². The molecule has 1 aliphatic rings. The van der Waals surface area contributed by atoms with Crippen LogP contribution in [0.15, 0.2) is 30.7 Å². The Balaban J connectivity index is 1.81. The fourth-order valence-corrected chi connectivity index (χ4v) is 2.78. The number of aliphatic carboxylic acids is 1. The number of nitrogens with one attached hydrogen (secondary N) is 1. The number of carboxylic acids is 1. The van der Waals surface area contributed by atoms with E-state index in [1.165, 1.54) is 12.0 Å². The Hall–Kier alpha value is -2.30. The molecular formula is C16H18N2O3. The molecule has 0 spiro atoms. The van der Waals surface area contributed by atoms with Crippen molar-refractivity contribution in [3.8, 4) is 5.75 Å². The molecule has 0 radical (unpaired) electrons. The van der Waals surface area contributed by atoms with Crippen LogP contribution in [0.1, 0.15) is 29.7 Å². The number of ether oxygens (including phenoxy) is 1. The number of fused-ring (bicyclic) bond motifs is 1. The number of hydrogen-bond donors (Lipinski definition) is 2. The standard InChI is InChI=1S/C16H18N2O3/c19-16(20)15(8-12-9-17-10-18-12)21-14-7-3-5-11-4-1-2-6-13(11)14/h3,5,7,9-10,15H,1-2,4,6,8H2,(H,17,18)(H,19,20). The molecule has 0 saturated carbocycles. The van der Waals surface area contributed by atoms with Gasteiger partial charge in [0, 0.05) is 12.6 Å². The predicted molar refractivity (Wildman–Crippen MR) is 77.4 cm³/mol. The van der Waals surface area contributed by atoms with Crippen LogP contribution < -0.4 is 4.74 Å². The first-order chi connectivity index (χ1) is 10.2. The van der Waals surface area contributed by atoms with Crippen molar-refractivity contribution in [1.29, 1.82) is 0 Å². The second kappa shape index (κ2) is 5.99. The van der Waals surface area contributed by atoms with E-state index in [9.17, 15) is 9.90 Å². The van der Waals surface area contributed by atoms with Gasteiger partial charge in [0.1, 0.15) is 5.75 Å². The minimum absolute atomic E-state index is 0.252. The largest absolute Gasteiger partial charge is 0.478 e. The van der Waals surface area contributed by atoms with E-state index in [4.69, 9.17) is 4.74 Å². The Bertz CT molecular complexity index is 622. The van der Waals surface area contributed by atoms with E-state index in [1.807, 2.05) is 12.1 Å². The number of aromatic nitrogens is 2. The van der Waals surface area contributed by atoms with Crippen LogP contribution in [0.5, 0.6) is 5.75 Å². The summed E-state index contributed by atoms with van der Waals surface area (Å²) in [5.74, 6) is -0.262. The number of carboxylic acid groups (broad SMARTS) is 1. The maximum absolute atomic E-state index is 11.4. The van der Waals surface area contributed by atoms with E-state index in [-0.39, 0.29) is 6.42 Å². The maximum atomic E-state index is 11.4. The summed E-state index contributed by atoms with van der Waals surface area (Å²) in [4.78, 5) is 18.3. The summed E-state index contributed by atoms with van der Waals surface area (Å²) in [6.45, 7) is 0. The molecule has 3 rings (SSSR count). The van der Waals surface area contributed by atoms with E-state index in [0.717, 1.165) is 24.8 Å². The summed E-state index contributed by atoms with van der Waals surface area (Å²) in [5.41, 5.74) is 3.13. The third-order valence-electron chi connectivity index (χ3n) is 3.85. The van der Waals surface area contributed by atoms with Gasteiger partial charge in [0.25, 0.3) is 0 Å². The first kappa shape index (κ1) is 13.7. The Labute approximate surface area is 123 Å². The quantitative estimate of drug-likeness (QED) is 0.884. The van der Waals surface area contributed by atoms with Crippen LogP contribution in [0.3, 0.4) is 0 Å². The molecule has 0 bridgehead atoms. The highest BCUT2D eigenvalue weighted by molar-refractivity contribution is 5.73. The molecule has 0 fully saturated rings. The predicted octanol–water partition coefficient (Wildman–Crippen LogP) is 2.36. The summed E-state index contributed by atoms with van der Waals surface area (Å²) >= 11 is 0. The molecular weight excluding hydrogens is 268 g/mol. The molecule has 1 unspecified atom stereocenters. The van der Waals surface area contributed by atoms with Crippen LogP contribution >= 0.6 is 0 Å². The molecule has 21 heavy (non-hydrogen) atoms. The highest BCUT2D eigenvalue weighted by Crippen LogP contribution is 2.30. The zero-order chi connectivity index (χ0) is 14.7. The number of aryl methyl sites for hydroxylation is 1. The van der Waals surface area contributed by atoms with Crippen LogP contribution in [0.25, 0.3) is 0 Å². The Morgan fingerprint density at radius 3 is 3.00 bits per heavy atom. The molecule has 5 nitrogen and oxygen atoms in total. The van der Waals surface area contributed by atoms with Gasteiger partial charge in [-0.2, -0.15) is 0 Å². The summed E-state index contributed by atoms with van der Waals surface area (Å²) < 4.78 is 5.79. The topological polar surface area (TPSA) is 75.2 Å². The number of hydrogen-bond acceptors (Lipinski definition) is 3. The zero-order valence-electron chi connectivity index (χ0n) is 11.7. The van der Waals surface area contributed by atoms with Gasteiger partial charge in [-0.05, 0) is 42.9 Å². The Morgan fingerprint density at radius 1 is 1.38 bits per heavy atom. The van der Waals surface area contributed by atoms with Gasteiger partial charge < -0.3 is 14.8 Å². The number of aromatic amines is 1. The minimum atomic E-state index is -0.966. The van der Waals surface area contributed by atoms with E-state index in [1.54, 1.807) is 12.5 Å². The molecule has 0 saturated heterocycles. The lowest BCUT2D eigenvalue weighted by atomic mass is 9.91. The first-order valence-corrected chi connectivity index (χ1v) is 7.22. The van der Waals surface area contributed by atoms with Crippen molar-refractivity contribution in [2.45, 2.75) is 38.2 Å². The monoisotopic (exact) mass is 286 g/mol. The third kappa shape index (κ3) is 3.07. The Kier molecular flexibility index (Phi) is 3.90. The number of imidazole rings is 1. The molecule has 1 aromatic carbocycles. The van der Waals surface area contributed by atoms with E-state index in [2.05, 4.69) is 16.0 Å². The lowest BCUT2D eigenvalue weighted by molar-refractivity contribution is -0.145. The average Bonchev–Trinajstić information content (AvgIpc) is 3.00. The number of H-pyrrole nitrogens is 1. The van der Waals surface area contributed by atoms with Gasteiger partial charge in [-0.15, -0.1) is 0 Å². The average molecular weight is 286 g/mol. The normalized spacial score (nSPS) is 15.2. The molecule has 0 aliphatic heterocycles. The smallest absolute Gasteiger partial charge is 0.345 e. The van der Waals surface area contributed by atoms with E-state index < -0.39 is 12.1 Å². The number of benzene rings is 1. The van der Waals surface area contributed by atoms with Crippen LogP contribution in [-0.2, 0) is 24.1 Å². The van der Waals surface area contributed by atoms with Crippen LogP contribution in [0.4, 0.5) is 0 Å². The SMILES string of the molecule is O=C(O)C(Cc1c[nH]cn1)Oc1cccc2c1CCCC2. The fraction of sp³-hybridized carbons (Fsp3) is 0.375. The van der Waals surface area contributed by atoms with Crippen molar-refractivity contribution in [2.75, 3.05) is 0 Å². The van der Waals surface area contributed by atoms with Crippen LogP contribution in [0, 0.1) is 0 Å². The summed E-state index contributed by atoms with van der Waals surface area (Å²) in [6.07, 6.45) is 6.89. The van der Waals surface area contributed by atoms with E-state index >= 15 is 0 Å². The number of carbonyl (C=O) groups is 1. The number of nitrogens with zero attached hydrogens (tertiary/aromatic N) is 1. The first-order valence-electron chi connectivity index (χ1n) is 7.22. The van der Waals surface area contributed by atoms with Gasteiger partial charge in [0.2, 0.25) is 6.10 Å². The van der Waals surface area contributed by atoms with Gasteiger partial charge >= 0.3 is 5.97 Å². The van der Waals surface area contributed by atoms with Crippen molar-refractivity contribution < 1.29 is 14.6 Å². The zero-order valence-corrected chi connectivity index (χ0v) is 11.7. The third-order valence-corrected chi connectivity index (χ3v) is 3.85. The van der Waals surface area contributed by atoms with Gasteiger partial charge in [0.15, 0.2) is 0 Å². The van der Waals surface area contributed by atoms with Crippen molar-refractivity contribution in [2.24, 2.45) is 0 Å². The van der Waals surface area contributed by atoms with Crippen LogP contribution in [0.2, 0.25) is 0 Å². The second-order valence-corrected chi connectivity index (χ2v) is 5.31. The van der Waals surface area contributed by atoms with Crippen molar-refractivity contribution in [3.63, 3.8) is 0 Å². The lowest BCUT2D eigenvalue weighted by Crippen LogP contribution is -2.30. The highest BCUT2D eigenvalue weighted by atomic mass is 16.5. The van der Waals surface area contributed by atoms with Crippen molar-refractivity contribution in [3.05, 3.63) is 47.5 Å². The molecule has 1 aromatic heterocycles. The lowest BCUT2D eigenvalue weighted by Gasteiger charge is -2.22. The molecule has 1 aliphatic carbocycles. The van der Waals surface area contributed by atoms with Crippen molar-refractivity contribution in [1.82, 2.24) is 9.97 Å². The second-order valence-electron chi connectivity index (χ2n) is 5.31. The molecule has 110 valence electrons. The maximum Gasteiger partial charge on any atom is 0.345 e. The van der Waals surface area contributed by atoms with Gasteiger partial charge in [-0.25, -0.2) is 9.78 Å². The molecule has 2 aromatic rings. The minimum Gasteiger partial charge on any atom is -0.478 e. The molecule has 1 atom stereocenters. The Morgan fingerprint density at radius 2 is 2.24 bits per heavy atom. The highest BCUT2D eigenvalue weighted by Gasteiger charge is 2.23. The number of rotatable bonds is 5. The summed E-state index contributed by atoms with van der Waals surface area (Å²) in [5, 5.41) is 9.37. The molecule has 5 heteroatoms. The van der Waals surface area contributed by atoms with Crippen LogP contribution in [-0.4, -0.2) is 27.1 Å². The molecule has 0 amide bonds. The fourth-order valence-electron chi connectivity index (χ4n) is 2.78. The van der Waals surface area contributed by atoms with Gasteiger partial charge in [0.05, 0.1) is 12.0 Å². The van der Waals surface area contributed by atoms with Gasteiger partial charge in [-0.3, -0.25) is 0 Å². The van der Waals surface area contributed by atoms with Crippen molar-refractivity contribution >= 4 is 5.97 Å². The van der Waals surface area contributed by atoms with E-state index in [0.29, 0.717) is 11.4 Å². The molecule has 2 N–H and O–H groups in total. The summed E-state index contributed by atoms with van der Waals surface area (Å²) in [6, 6.07) is 5.91.